The number of nitrogens with one attached hydrogen (secondary N) is 2. The van der Waals surface area contributed by atoms with Crippen LogP contribution in [0.15, 0.2) is 6.20 Å². The van der Waals surface area contributed by atoms with Gasteiger partial charge in [0.25, 0.3) is 5.91 Å². The highest BCUT2D eigenvalue weighted by molar-refractivity contribution is 7.11. The van der Waals surface area contributed by atoms with E-state index in [0.29, 0.717) is 29.9 Å². The highest BCUT2D eigenvalue weighted by Crippen LogP contribution is 2.22. The van der Waals surface area contributed by atoms with E-state index >= 15 is 0 Å². The zero-order valence-electron chi connectivity index (χ0n) is 13.8. The number of thiazole rings is 1. The van der Waals surface area contributed by atoms with Gasteiger partial charge in [-0.1, -0.05) is 13.3 Å². The molecule has 2 N–H and O–H groups in total. The third-order valence-electron chi connectivity index (χ3n) is 3.50. The third kappa shape index (κ3) is 3.79. The minimum Gasteiger partial charge on any atom is -0.465 e. The summed E-state index contributed by atoms with van der Waals surface area (Å²) in [5.74, 6) is -0.642. The van der Waals surface area contributed by atoms with Crippen LogP contribution in [0.1, 0.15) is 55.3 Å². The molecule has 2 heterocycles. The number of aromatic nitrogens is 2. The van der Waals surface area contributed by atoms with Gasteiger partial charge in [0.05, 0.1) is 24.2 Å². The predicted molar refractivity (Wildman–Crippen MR) is 88.9 cm³/mol. The van der Waals surface area contributed by atoms with Gasteiger partial charge in [-0.3, -0.25) is 4.79 Å². The molecule has 7 heteroatoms. The Kier molecular flexibility index (Phi) is 5.54. The third-order valence-corrected chi connectivity index (χ3v) is 4.41. The van der Waals surface area contributed by atoms with E-state index in [4.69, 9.17) is 4.74 Å². The predicted octanol–water partition coefficient (Wildman–Crippen LogP) is 2.76. The standard InChI is InChI=1S/C16H21N3O3S/c1-5-6-12-13(16(21)22-4)9(2)19-14(12)15(20)18-8-11-7-17-10(3)23-11/h7,19H,5-6,8H2,1-4H3,(H,18,20). The highest BCUT2D eigenvalue weighted by atomic mass is 32.1. The summed E-state index contributed by atoms with van der Waals surface area (Å²) in [6.45, 7) is 6.12. The Morgan fingerprint density at radius 1 is 1.39 bits per heavy atom. The molecule has 6 nitrogen and oxygen atoms in total. The molecule has 124 valence electrons. The molecule has 23 heavy (non-hydrogen) atoms. The molecule has 0 saturated heterocycles. The molecular weight excluding hydrogens is 314 g/mol. The highest BCUT2D eigenvalue weighted by Gasteiger charge is 2.24. The van der Waals surface area contributed by atoms with Gasteiger partial charge in [-0.25, -0.2) is 9.78 Å². The van der Waals surface area contributed by atoms with E-state index in [2.05, 4.69) is 15.3 Å². The fraction of sp³-hybridized carbons (Fsp3) is 0.438. The van der Waals surface area contributed by atoms with Crippen LogP contribution in [0.4, 0.5) is 0 Å². The number of amides is 1. The van der Waals surface area contributed by atoms with Crippen molar-refractivity contribution < 1.29 is 14.3 Å². The van der Waals surface area contributed by atoms with Crippen LogP contribution in [0.25, 0.3) is 0 Å². The van der Waals surface area contributed by atoms with Crippen molar-refractivity contribution in [2.45, 2.75) is 40.2 Å². The number of nitrogens with zero attached hydrogens (tertiary/aromatic N) is 1. The molecule has 2 aromatic rings. The summed E-state index contributed by atoms with van der Waals surface area (Å²) in [5.41, 5.74) is 2.27. The molecule has 0 fully saturated rings. The summed E-state index contributed by atoms with van der Waals surface area (Å²) < 4.78 is 4.83. The Morgan fingerprint density at radius 2 is 2.13 bits per heavy atom. The van der Waals surface area contributed by atoms with Crippen molar-refractivity contribution in [3.05, 3.63) is 38.6 Å². The molecule has 0 aliphatic rings. The van der Waals surface area contributed by atoms with Gasteiger partial charge < -0.3 is 15.0 Å². The van der Waals surface area contributed by atoms with Gasteiger partial charge >= 0.3 is 5.97 Å². The van der Waals surface area contributed by atoms with Crippen molar-refractivity contribution in [1.82, 2.24) is 15.3 Å². The zero-order valence-corrected chi connectivity index (χ0v) is 14.6. The first-order valence-corrected chi connectivity index (χ1v) is 8.28. The number of ether oxygens (including phenoxy) is 1. The first-order chi connectivity index (χ1) is 11.0. The maximum Gasteiger partial charge on any atom is 0.339 e. The lowest BCUT2D eigenvalue weighted by Gasteiger charge is -2.06. The van der Waals surface area contributed by atoms with E-state index in [1.165, 1.54) is 7.11 Å². The molecule has 0 atom stereocenters. The number of aryl methyl sites for hydroxylation is 2. The lowest BCUT2D eigenvalue weighted by atomic mass is 10.0. The van der Waals surface area contributed by atoms with Crippen LogP contribution in [0.5, 0.6) is 0 Å². The SMILES string of the molecule is CCCc1c(C(=O)NCc2cnc(C)s2)[nH]c(C)c1C(=O)OC. The maximum atomic E-state index is 12.5. The van der Waals surface area contributed by atoms with Gasteiger partial charge in [0.1, 0.15) is 5.69 Å². The van der Waals surface area contributed by atoms with Gasteiger partial charge in [0, 0.05) is 16.8 Å². The topological polar surface area (TPSA) is 84.1 Å². The fourth-order valence-electron chi connectivity index (χ4n) is 2.49. The summed E-state index contributed by atoms with van der Waals surface area (Å²) >= 11 is 1.55. The average Bonchev–Trinajstić information content (AvgIpc) is 3.08. The number of rotatable bonds is 6. The molecule has 0 saturated carbocycles. The molecule has 1 amide bonds. The van der Waals surface area contributed by atoms with Gasteiger partial charge in [0.2, 0.25) is 0 Å². The van der Waals surface area contributed by atoms with Gasteiger partial charge in [-0.15, -0.1) is 11.3 Å². The second kappa shape index (κ2) is 7.41. The molecule has 0 aliphatic heterocycles. The Labute approximate surface area is 139 Å². The number of carbonyl (C=O) groups is 2. The largest absolute Gasteiger partial charge is 0.465 e. The van der Waals surface area contributed by atoms with Crippen molar-refractivity contribution in [3.8, 4) is 0 Å². The summed E-state index contributed by atoms with van der Waals surface area (Å²) in [5, 5.41) is 3.84. The number of carbonyl (C=O) groups excluding carboxylic acids is 2. The monoisotopic (exact) mass is 335 g/mol. The second-order valence-electron chi connectivity index (χ2n) is 5.25. The molecule has 0 radical (unpaired) electrons. The summed E-state index contributed by atoms with van der Waals surface area (Å²) in [4.78, 5) is 32.6. The van der Waals surface area contributed by atoms with E-state index < -0.39 is 5.97 Å². The molecule has 0 spiro atoms. The molecule has 2 aromatic heterocycles. The van der Waals surface area contributed by atoms with Crippen LogP contribution >= 0.6 is 11.3 Å². The quantitative estimate of drug-likeness (QED) is 0.795. The van der Waals surface area contributed by atoms with Crippen LogP contribution in [0, 0.1) is 13.8 Å². The van der Waals surface area contributed by atoms with Gasteiger partial charge in [0.15, 0.2) is 0 Å². The Balaban J connectivity index is 2.23. The number of hydrogen-bond donors (Lipinski definition) is 2. The van der Waals surface area contributed by atoms with Gasteiger partial charge in [-0.05, 0) is 25.8 Å². The van der Waals surface area contributed by atoms with Crippen LogP contribution in [0.3, 0.4) is 0 Å². The number of aromatic amines is 1. The number of hydrogen-bond acceptors (Lipinski definition) is 5. The number of methoxy groups -OCH3 is 1. The van der Waals surface area contributed by atoms with Crippen molar-refractivity contribution >= 4 is 23.2 Å². The maximum absolute atomic E-state index is 12.5. The van der Waals surface area contributed by atoms with Crippen molar-refractivity contribution in [2.24, 2.45) is 0 Å². The van der Waals surface area contributed by atoms with Crippen LogP contribution in [-0.2, 0) is 17.7 Å². The Hall–Kier alpha value is -2.15. The smallest absolute Gasteiger partial charge is 0.339 e. The van der Waals surface area contributed by atoms with Crippen molar-refractivity contribution in [1.29, 1.82) is 0 Å². The number of H-pyrrole nitrogens is 1. The first-order valence-electron chi connectivity index (χ1n) is 7.47. The van der Waals surface area contributed by atoms with Crippen molar-refractivity contribution in [2.75, 3.05) is 7.11 Å². The van der Waals surface area contributed by atoms with E-state index in [0.717, 1.165) is 21.9 Å². The molecular formula is C16H21N3O3S. The Morgan fingerprint density at radius 3 is 2.70 bits per heavy atom. The number of esters is 1. The molecule has 0 aromatic carbocycles. The van der Waals surface area contributed by atoms with E-state index in [-0.39, 0.29) is 5.91 Å². The Bertz CT molecular complexity index is 718. The van der Waals surface area contributed by atoms with Crippen LogP contribution in [-0.4, -0.2) is 29.0 Å². The van der Waals surface area contributed by atoms with Gasteiger partial charge in [-0.2, -0.15) is 0 Å². The minimum absolute atomic E-state index is 0.224. The van der Waals surface area contributed by atoms with E-state index in [9.17, 15) is 9.59 Å². The summed E-state index contributed by atoms with van der Waals surface area (Å²) in [6, 6.07) is 0. The second-order valence-corrected chi connectivity index (χ2v) is 6.57. The summed E-state index contributed by atoms with van der Waals surface area (Å²) in [6.07, 6.45) is 3.22. The van der Waals surface area contributed by atoms with E-state index in [1.807, 2.05) is 13.8 Å². The lowest BCUT2D eigenvalue weighted by Crippen LogP contribution is -2.24. The molecule has 0 unspecified atom stereocenters. The minimum atomic E-state index is -0.417. The van der Waals surface area contributed by atoms with Crippen LogP contribution in [0.2, 0.25) is 0 Å². The van der Waals surface area contributed by atoms with Crippen molar-refractivity contribution in [3.63, 3.8) is 0 Å². The zero-order chi connectivity index (χ0) is 17.0. The normalized spacial score (nSPS) is 10.6. The summed E-state index contributed by atoms with van der Waals surface area (Å²) in [7, 11) is 1.34. The molecule has 0 aliphatic carbocycles. The molecule has 2 rings (SSSR count). The van der Waals surface area contributed by atoms with E-state index in [1.54, 1.807) is 24.5 Å². The fourth-order valence-corrected chi connectivity index (χ4v) is 3.23. The average molecular weight is 335 g/mol. The molecule has 0 bridgehead atoms. The van der Waals surface area contributed by atoms with Crippen LogP contribution < -0.4 is 5.32 Å². The first kappa shape index (κ1) is 17.2. The lowest BCUT2D eigenvalue weighted by molar-refractivity contribution is 0.0599.